The van der Waals surface area contributed by atoms with Gasteiger partial charge in [-0.2, -0.15) is 10.4 Å². The molecule has 0 aliphatic rings. The van der Waals surface area contributed by atoms with E-state index in [0.29, 0.717) is 12.0 Å². The number of nitrogens with zero attached hydrogens (tertiary/aromatic N) is 4. The standard InChI is InChI=1S/C15H16N4O/c1-12(8-9-16)18(2)15(20)13-10-17-19(11-13)14-6-4-3-5-7-14/h3-7,10-12H,8H2,1-2H3. The van der Waals surface area contributed by atoms with Gasteiger partial charge in [0.25, 0.3) is 5.91 Å². The molecule has 1 unspecified atom stereocenters. The Morgan fingerprint density at radius 2 is 2.15 bits per heavy atom. The van der Waals surface area contributed by atoms with E-state index in [9.17, 15) is 4.79 Å². The Bertz CT molecular complexity index is 627. The molecule has 0 saturated heterocycles. The Hall–Kier alpha value is -2.61. The Morgan fingerprint density at radius 3 is 2.80 bits per heavy atom. The molecule has 1 aromatic carbocycles. The van der Waals surface area contributed by atoms with Crippen molar-refractivity contribution in [2.24, 2.45) is 0 Å². The van der Waals surface area contributed by atoms with Crippen LogP contribution in [-0.4, -0.2) is 33.7 Å². The van der Waals surface area contributed by atoms with Crippen LogP contribution >= 0.6 is 0 Å². The van der Waals surface area contributed by atoms with Gasteiger partial charge in [0.05, 0.1) is 29.9 Å². The van der Waals surface area contributed by atoms with Crippen molar-refractivity contribution < 1.29 is 4.79 Å². The predicted molar refractivity (Wildman–Crippen MR) is 75.3 cm³/mol. The van der Waals surface area contributed by atoms with Crippen molar-refractivity contribution in [3.05, 3.63) is 48.3 Å². The number of nitriles is 1. The van der Waals surface area contributed by atoms with Gasteiger partial charge in [-0.05, 0) is 19.1 Å². The number of benzene rings is 1. The van der Waals surface area contributed by atoms with Crippen molar-refractivity contribution in [1.29, 1.82) is 5.26 Å². The van der Waals surface area contributed by atoms with E-state index in [4.69, 9.17) is 5.26 Å². The topological polar surface area (TPSA) is 61.9 Å². The van der Waals surface area contributed by atoms with Crippen LogP contribution in [-0.2, 0) is 0 Å². The first-order chi connectivity index (χ1) is 9.63. The van der Waals surface area contributed by atoms with E-state index in [1.54, 1.807) is 29.0 Å². The number of para-hydroxylation sites is 1. The lowest BCUT2D eigenvalue weighted by atomic mass is 10.2. The molecule has 1 heterocycles. The van der Waals surface area contributed by atoms with Crippen LogP contribution < -0.4 is 0 Å². The molecule has 20 heavy (non-hydrogen) atoms. The lowest BCUT2D eigenvalue weighted by molar-refractivity contribution is 0.0746. The van der Waals surface area contributed by atoms with Gasteiger partial charge in [0.1, 0.15) is 0 Å². The molecule has 2 rings (SSSR count). The third kappa shape index (κ3) is 2.86. The molecule has 2 aromatic rings. The summed E-state index contributed by atoms with van der Waals surface area (Å²) in [5.74, 6) is -0.130. The summed E-state index contributed by atoms with van der Waals surface area (Å²) in [6, 6.07) is 11.6. The molecule has 5 nitrogen and oxygen atoms in total. The van der Waals surface area contributed by atoms with Crippen LogP contribution in [0.2, 0.25) is 0 Å². The summed E-state index contributed by atoms with van der Waals surface area (Å²) in [6.45, 7) is 1.85. The first-order valence-corrected chi connectivity index (χ1v) is 6.37. The van der Waals surface area contributed by atoms with E-state index in [1.807, 2.05) is 37.3 Å². The third-order valence-corrected chi connectivity index (χ3v) is 3.22. The lowest BCUT2D eigenvalue weighted by Crippen LogP contribution is -2.34. The molecule has 1 aromatic heterocycles. The molecule has 0 aliphatic carbocycles. The molecule has 0 aliphatic heterocycles. The normalized spacial score (nSPS) is 11.7. The highest BCUT2D eigenvalue weighted by Gasteiger charge is 2.18. The van der Waals surface area contributed by atoms with Crippen molar-refractivity contribution in [3.63, 3.8) is 0 Å². The predicted octanol–water partition coefficient (Wildman–Crippen LogP) is 2.25. The van der Waals surface area contributed by atoms with E-state index in [-0.39, 0.29) is 11.9 Å². The van der Waals surface area contributed by atoms with Gasteiger partial charge in [0, 0.05) is 19.3 Å². The van der Waals surface area contributed by atoms with E-state index < -0.39 is 0 Å². The molecule has 0 N–H and O–H groups in total. The zero-order valence-corrected chi connectivity index (χ0v) is 11.5. The van der Waals surface area contributed by atoms with E-state index >= 15 is 0 Å². The van der Waals surface area contributed by atoms with Gasteiger partial charge < -0.3 is 4.90 Å². The van der Waals surface area contributed by atoms with Crippen molar-refractivity contribution in [1.82, 2.24) is 14.7 Å². The van der Waals surface area contributed by atoms with E-state index in [2.05, 4.69) is 11.2 Å². The first kappa shape index (κ1) is 13.8. The molecule has 0 radical (unpaired) electrons. The molecule has 5 heteroatoms. The molecule has 1 atom stereocenters. The van der Waals surface area contributed by atoms with Crippen LogP contribution in [0.25, 0.3) is 5.69 Å². The van der Waals surface area contributed by atoms with Gasteiger partial charge in [-0.25, -0.2) is 4.68 Å². The number of carbonyl (C=O) groups is 1. The maximum Gasteiger partial charge on any atom is 0.257 e. The summed E-state index contributed by atoms with van der Waals surface area (Å²) >= 11 is 0. The van der Waals surface area contributed by atoms with Crippen LogP contribution in [0.3, 0.4) is 0 Å². The number of amides is 1. The van der Waals surface area contributed by atoms with Gasteiger partial charge >= 0.3 is 0 Å². The second-order valence-corrected chi connectivity index (χ2v) is 4.64. The molecule has 0 saturated carbocycles. The molecule has 0 fully saturated rings. The van der Waals surface area contributed by atoms with E-state index in [1.165, 1.54) is 0 Å². The van der Waals surface area contributed by atoms with Crippen molar-refractivity contribution >= 4 is 5.91 Å². The van der Waals surface area contributed by atoms with Gasteiger partial charge in [0.15, 0.2) is 0 Å². The van der Waals surface area contributed by atoms with Crippen LogP contribution in [0.15, 0.2) is 42.7 Å². The summed E-state index contributed by atoms with van der Waals surface area (Å²) < 4.78 is 1.66. The minimum Gasteiger partial charge on any atom is -0.338 e. The first-order valence-electron chi connectivity index (χ1n) is 6.37. The van der Waals surface area contributed by atoms with Crippen molar-refractivity contribution in [2.75, 3.05) is 7.05 Å². The second-order valence-electron chi connectivity index (χ2n) is 4.64. The zero-order valence-electron chi connectivity index (χ0n) is 11.5. The average molecular weight is 268 g/mol. The summed E-state index contributed by atoms with van der Waals surface area (Å²) in [5.41, 5.74) is 1.42. The zero-order chi connectivity index (χ0) is 14.5. The van der Waals surface area contributed by atoms with Crippen molar-refractivity contribution in [2.45, 2.75) is 19.4 Å². The molecule has 0 bridgehead atoms. The molecule has 1 amide bonds. The summed E-state index contributed by atoms with van der Waals surface area (Å²) in [6.07, 6.45) is 3.56. The summed E-state index contributed by atoms with van der Waals surface area (Å²) in [5, 5.41) is 12.9. The molecule has 102 valence electrons. The smallest absolute Gasteiger partial charge is 0.257 e. The van der Waals surface area contributed by atoms with Crippen molar-refractivity contribution in [3.8, 4) is 11.8 Å². The van der Waals surface area contributed by atoms with Crippen LogP contribution in [0.1, 0.15) is 23.7 Å². The average Bonchev–Trinajstić information content (AvgIpc) is 2.96. The SMILES string of the molecule is CC(CC#N)N(C)C(=O)c1cnn(-c2ccccc2)c1. The lowest BCUT2D eigenvalue weighted by Gasteiger charge is -2.22. The fourth-order valence-corrected chi connectivity index (χ4v) is 1.83. The van der Waals surface area contributed by atoms with Gasteiger partial charge in [-0.15, -0.1) is 0 Å². The van der Waals surface area contributed by atoms with Gasteiger partial charge in [-0.3, -0.25) is 4.79 Å². The minimum absolute atomic E-state index is 0.118. The Labute approximate surface area is 118 Å². The number of aromatic nitrogens is 2. The van der Waals surface area contributed by atoms with E-state index in [0.717, 1.165) is 5.69 Å². The van der Waals surface area contributed by atoms with Crippen LogP contribution in [0.4, 0.5) is 0 Å². The van der Waals surface area contributed by atoms with Crippen LogP contribution in [0, 0.1) is 11.3 Å². The number of rotatable bonds is 4. The second kappa shape index (κ2) is 6.02. The fraction of sp³-hybridized carbons (Fsp3) is 0.267. The Morgan fingerprint density at radius 1 is 1.45 bits per heavy atom. The highest BCUT2D eigenvalue weighted by atomic mass is 16.2. The maximum absolute atomic E-state index is 12.3. The highest BCUT2D eigenvalue weighted by molar-refractivity contribution is 5.93. The number of hydrogen-bond donors (Lipinski definition) is 0. The third-order valence-electron chi connectivity index (χ3n) is 3.22. The Balaban J connectivity index is 2.17. The number of hydrogen-bond acceptors (Lipinski definition) is 3. The fourth-order valence-electron chi connectivity index (χ4n) is 1.83. The number of carbonyl (C=O) groups excluding carboxylic acids is 1. The molecule has 0 spiro atoms. The largest absolute Gasteiger partial charge is 0.338 e. The summed E-state index contributed by atoms with van der Waals surface area (Å²) in [4.78, 5) is 13.8. The monoisotopic (exact) mass is 268 g/mol. The molecular weight excluding hydrogens is 252 g/mol. The highest BCUT2D eigenvalue weighted by Crippen LogP contribution is 2.11. The maximum atomic E-state index is 12.3. The van der Waals surface area contributed by atoms with Gasteiger partial charge in [-0.1, -0.05) is 18.2 Å². The van der Waals surface area contributed by atoms with Crippen LogP contribution in [0.5, 0.6) is 0 Å². The Kier molecular flexibility index (Phi) is 4.16. The molecular formula is C15H16N4O. The minimum atomic E-state index is -0.130. The van der Waals surface area contributed by atoms with Gasteiger partial charge in [0.2, 0.25) is 0 Å². The summed E-state index contributed by atoms with van der Waals surface area (Å²) in [7, 11) is 1.70. The quantitative estimate of drug-likeness (QED) is 0.854.